The van der Waals surface area contributed by atoms with Crippen LogP contribution in [0.4, 0.5) is 0 Å². The van der Waals surface area contributed by atoms with Crippen LogP contribution in [-0.4, -0.2) is 5.78 Å². The lowest BCUT2D eigenvalue weighted by molar-refractivity contribution is -0.122. The normalized spacial score (nSPS) is 28.6. The summed E-state index contributed by atoms with van der Waals surface area (Å²) in [6.45, 7) is 4.42. The van der Waals surface area contributed by atoms with E-state index in [4.69, 9.17) is 0 Å². The molecule has 80 valence electrons. The first-order valence-corrected chi connectivity index (χ1v) is 5.86. The molecular weight excluding hydrogens is 172 g/mol. The van der Waals surface area contributed by atoms with Gasteiger partial charge in [0.25, 0.3) is 0 Å². The van der Waals surface area contributed by atoms with Gasteiger partial charge in [0.2, 0.25) is 0 Å². The second-order valence-electron chi connectivity index (χ2n) is 4.77. The minimum atomic E-state index is 0.170. The summed E-state index contributed by atoms with van der Waals surface area (Å²) >= 11 is 0. The van der Waals surface area contributed by atoms with Crippen molar-refractivity contribution in [1.29, 1.82) is 0 Å². The van der Waals surface area contributed by atoms with E-state index in [-0.39, 0.29) is 5.41 Å². The van der Waals surface area contributed by atoms with Crippen molar-refractivity contribution in [2.24, 2.45) is 5.41 Å². The Balaban J connectivity index is 2.39. The first-order chi connectivity index (χ1) is 6.66. The van der Waals surface area contributed by atoms with Crippen LogP contribution in [0.1, 0.15) is 58.8 Å². The maximum absolute atomic E-state index is 11.3. The number of unbranched alkanes of at least 4 members (excludes halogenated alkanes) is 2. The van der Waals surface area contributed by atoms with Crippen LogP contribution in [0.2, 0.25) is 0 Å². The summed E-state index contributed by atoms with van der Waals surface area (Å²) in [5.74, 6) is 0.443. The molecule has 1 fully saturated rings. The van der Waals surface area contributed by atoms with Crippen LogP contribution in [-0.2, 0) is 4.79 Å². The lowest BCUT2D eigenvalue weighted by Gasteiger charge is -2.29. The monoisotopic (exact) mass is 194 g/mol. The van der Waals surface area contributed by atoms with Crippen LogP contribution in [0.5, 0.6) is 0 Å². The number of Topliss-reactive ketones (excluding diaryl/α,β-unsaturated/α-hetero) is 1. The van der Waals surface area contributed by atoms with E-state index in [9.17, 15) is 4.79 Å². The van der Waals surface area contributed by atoms with Gasteiger partial charge < -0.3 is 0 Å². The van der Waals surface area contributed by atoms with Gasteiger partial charge in [-0.1, -0.05) is 38.8 Å². The van der Waals surface area contributed by atoms with Crippen LogP contribution in [0.25, 0.3) is 0 Å². The van der Waals surface area contributed by atoms with Gasteiger partial charge in [-0.2, -0.15) is 0 Å². The lowest BCUT2D eigenvalue weighted by Crippen LogP contribution is -2.23. The molecule has 1 aliphatic carbocycles. The molecule has 1 nitrogen and oxygen atoms in total. The van der Waals surface area contributed by atoms with Gasteiger partial charge in [-0.05, 0) is 24.7 Å². The molecule has 1 heteroatoms. The van der Waals surface area contributed by atoms with Crippen molar-refractivity contribution in [3.05, 3.63) is 12.2 Å². The fourth-order valence-electron chi connectivity index (χ4n) is 2.15. The number of rotatable bonds is 4. The Morgan fingerprint density at radius 2 is 2.29 bits per heavy atom. The number of allylic oxidation sites excluding steroid dienone is 2. The highest BCUT2D eigenvalue weighted by Gasteiger charge is 2.28. The molecule has 0 saturated heterocycles. The van der Waals surface area contributed by atoms with Crippen LogP contribution < -0.4 is 0 Å². The first-order valence-electron chi connectivity index (χ1n) is 5.86. The van der Waals surface area contributed by atoms with Crippen molar-refractivity contribution in [2.75, 3.05) is 0 Å². The molecule has 14 heavy (non-hydrogen) atoms. The van der Waals surface area contributed by atoms with Gasteiger partial charge >= 0.3 is 0 Å². The Kier molecular flexibility index (Phi) is 4.37. The molecule has 0 bridgehead atoms. The highest BCUT2D eigenvalue weighted by Crippen LogP contribution is 2.35. The molecule has 0 N–H and O–H groups in total. The Morgan fingerprint density at radius 1 is 1.50 bits per heavy atom. The second-order valence-corrected chi connectivity index (χ2v) is 4.77. The van der Waals surface area contributed by atoms with Gasteiger partial charge in [0.1, 0.15) is 5.78 Å². The van der Waals surface area contributed by atoms with Gasteiger partial charge in [0.15, 0.2) is 0 Å². The standard InChI is InChI=1S/C13H22O/c1-3-4-5-6-9-13(2)10-7-8-12(14)11-13/h6,9H,3-5,7-8,10-11H2,1-2H3/b9-6+. The van der Waals surface area contributed by atoms with Gasteiger partial charge in [-0.15, -0.1) is 0 Å². The molecule has 0 aliphatic heterocycles. The van der Waals surface area contributed by atoms with Crippen LogP contribution in [0.3, 0.4) is 0 Å². The topological polar surface area (TPSA) is 17.1 Å². The van der Waals surface area contributed by atoms with Crippen LogP contribution >= 0.6 is 0 Å². The summed E-state index contributed by atoms with van der Waals surface area (Å²) in [6.07, 6.45) is 12.0. The summed E-state index contributed by atoms with van der Waals surface area (Å²) < 4.78 is 0. The molecule has 0 heterocycles. The molecule has 0 aromatic carbocycles. The predicted molar refractivity (Wildman–Crippen MR) is 60.2 cm³/mol. The van der Waals surface area contributed by atoms with Gasteiger partial charge in [0, 0.05) is 12.8 Å². The highest BCUT2D eigenvalue weighted by atomic mass is 16.1. The SMILES string of the molecule is CCCC/C=C/C1(C)CCCC(=O)C1. The van der Waals surface area contributed by atoms with Crippen molar-refractivity contribution < 1.29 is 4.79 Å². The van der Waals surface area contributed by atoms with Crippen molar-refractivity contribution in [1.82, 2.24) is 0 Å². The molecule has 0 spiro atoms. The molecule has 1 saturated carbocycles. The molecule has 1 unspecified atom stereocenters. The first kappa shape index (κ1) is 11.5. The average Bonchev–Trinajstić information content (AvgIpc) is 2.12. The van der Waals surface area contributed by atoms with E-state index in [0.717, 1.165) is 19.3 Å². The third kappa shape index (κ3) is 3.65. The Morgan fingerprint density at radius 3 is 2.93 bits per heavy atom. The third-order valence-corrected chi connectivity index (χ3v) is 3.05. The molecule has 1 atom stereocenters. The van der Waals surface area contributed by atoms with Crippen LogP contribution in [0, 0.1) is 5.41 Å². The van der Waals surface area contributed by atoms with Gasteiger partial charge in [-0.3, -0.25) is 4.79 Å². The number of hydrogen-bond acceptors (Lipinski definition) is 1. The summed E-state index contributed by atoms with van der Waals surface area (Å²) in [5, 5.41) is 0. The molecule has 0 aromatic heterocycles. The van der Waals surface area contributed by atoms with Crippen LogP contribution in [0.15, 0.2) is 12.2 Å². The fraction of sp³-hybridized carbons (Fsp3) is 0.769. The number of hydrogen-bond donors (Lipinski definition) is 0. The molecule has 1 aliphatic rings. The quantitative estimate of drug-likeness (QED) is 0.490. The zero-order valence-electron chi connectivity index (χ0n) is 9.51. The van der Waals surface area contributed by atoms with E-state index in [0.29, 0.717) is 5.78 Å². The van der Waals surface area contributed by atoms with Gasteiger partial charge in [-0.25, -0.2) is 0 Å². The molecule has 0 amide bonds. The lowest BCUT2D eigenvalue weighted by atomic mass is 9.75. The zero-order valence-corrected chi connectivity index (χ0v) is 9.51. The minimum absolute atomic E-state index is 0.170. The van der Waals surface area contributed by atoms with Gasteiger partial charge in [0.05, 0.1) is 0 Å². The molecule has 0 aromatic rings. The number of carbonyl (C=O) groups is 1. The average molecular weight is 194 g/mol. The van der Waals surface area contributed by atoms with E-state index in [1.54, 1.807) is 0 Å². The Labute approximate surface area is 87.6 Å². The number of ketones is 1. The van der Waals surface area contributed by atoms with Crippen molar-refractivity contribution in [2.45, 2.75) is 58.8 Å². The largest absolute Gasteiger partial charge is 0.300 e. The Bertz CT molecular complexity index is 217. The summed E-state index contributed by atoms with van der Waals surface area (Å²) in [4.78, 5) is 11.3. The molecule has 1 rings (SSSR count). The third-order valence-electron chi connectivity index (χ3n) is 3.05. The summed E-state index contributed by atoms with van der Waals surface area (Å²) in [6, 6.07) is 0. The summed E-state index contributed by atoms with van der Waals surface area (Å²) in [5.41, 5.74) is 0.170. The van der Waals surface area contributed by atoms with E-state index in [2.05, 4.69) is 26.0 Å². The minimum Gasteiger partial charge on any atom is -0.300 e. The maximum atomic E-state index is 11.3. The molecule has 0 radical (unpaired) electrons. The maximum Gasteiger partial charge on any atom is 0.133 e. The molecular formula is C13H22O. The Hall–Kier alpha value is -0.590. The fourth-order valence-corrected chi connectivity index (χ4v) is 2.15. The predicted octanol–water partition coefficient (Wildman–Crippen LogP) is 3.88. The van der Waals surface area contributed by atoms with E-state index < -0.39 is 0 Å². The number of carbonyl (C=O) groups excluding carboxylic acids is 1. The van der Waals surface area contributed by atoms with E-state index >= 15 is 0 Å². The van der Waals surface area contributed by atoms with E-state index in [1.807, 2.05) is 0 Å². The second kappa shape index (κ2) is 5.33. The zero-order chi connectivity index (χ0) is 10.4. The van der Waals surface area contributed by atoms with Crippen molar-refractivity contribution in [3.8, 4) is 0 Å². The smallest absolute Gasteiger partial charge is 0.133 e. The van der Waals surface area contributed by atoms with E-state index in [1.165, 1.54) is 25.7 Å². The van der Waals surface area contributed by atoms with Crippen molar-refractivity contribution in [3.63, 3.8) is 0 Å². The van der Waals surface area contributed by atoms with Crippen molar-refractivity contribution >= 4 is 5.78 Å². The summed E-state index contributed by atoms with van der Waals surface area (Å²) in [7, 11) is 0. The highest BCUT2D eigenvalue weighted by molar-refractivity contribution is 5.80.